The summed E-state index contributed by atoms with van der Waals surface area (Å²) >= 11 is 0. The number of aliphatic hydroxyl groups excluding tert-OH is 1. The highest BCUT2D eigenvalue weighted by atomic mass is 16.4. The van der Waals surface area contributed by atoms with E-state index in [-0.39, 0.29) is 51.8 Å². The van der Waals surface area contributed by atoms with E-state index in [1.165, 1.54) is 37.5 Å². The Morgan fingerprint density at radius 2 is 1.64 bits per heavy atom. The number of amides is 2. The highest BCUT2D eigenvalue weighted by Crippen LogP contribution is 2.73. The molecule has 8 nitrogen and oxygen atoms in total. The van der Waals surface area contributed by atoms with Crippen LogP contribution in [0.25, 0.3) is 0 Å². The van der Waals surface area contributed by atoms with Crippen molar-refractivity contribution < 1.29 is 24.6 Å². The van der Waals surface area contributed by atoms with Crippen LogP contribution in [0.15, 0.2) is 54.7 Å². The quantitative estimate of drug-likeness (QED) is 0.194. The molecule has 1 heterocycles. The Morgan fingerprint density at radius 3 is 2.40 bits per heavy atom. The Kier molecular flexibility index (Phi) is 9.95. The van der Waals surface area contributed by atoms with Crippen molar-refractivity contribution in [2.75, 3.05) is 6.54 Å². The predicted octanol–water partition coefficient (Wildman–Crippen LogP) is 8.00. The van der Waals surface area contributed by atoms with Crippen LogP contribution in [-0.4, -0.2) is 45.6 Å². The van der Waals surface area contributed by atoms with Crippen molar-refractivity contribution in [1.29, 1.82) is 0 Å². The van der Waals surface area contributed by atoms with Crippen molar-refractivity contribution in [3.8, 4) is 0 Å². The summed E-state index contributed by atoms with van der Waals surface area (Å²) in [6, 6.07) is 10.7. The van der Waals surface area contributed by atoms with Gasteiger partial charge in [-0.15, -0.1) is 0 Å². The molecule has 1 aromatic carbocycles. The molecule has 0 radical (unpaired) electrons. The van der Waals surface area contributed by atoms with Crippen LogP contribution in [0.4, 0.5) is 0 Å². The second-order valence-corrected chi connectivity index (χ2v) is 18.8. The molecule has 2 amide bonds. The van der Waals surface area contributed by atoms with E-state index < -0.39 is 5.97 Å². The third-order valence-electron chi connectivity index (χ3n) is 16.1. The van der Waals surface area contributed by atoms with Gasteiger partial charge >= 0.3 is 5.97 Å². The molecule has 0 saturated heterocycles. The summed E-state index contributed by atoms with van der Waals surface area (Å²) in [5, 5.41) is 26.7. The van der Waals surface area contributed by atoms with E-state index in [1.807, 2.05) is 18.2 Å². The van der Waals surface area contributed by atoms with Gasteiger partial charge in [-0.05, 0) is 153 Å². The van der Waals surface area contributed by atoms with Gasteiger partial charge in [0.05, 0.1) is 11.5 Å². The SMILES string of the molecule is C=C(C)C1CCC2(C(=O)NCCc3cccc(C(=O)NCc4cccnc4C(=O)O)c3)CCC3C(CCC4C3(C)CCC3C(C)(C)C(O)CCC34C)C12. The smallest absolute Gasteiger partial charge is 0.354 e. The predicted molar refractivity (Wildman–Crippen MR) is 206 cm³/mol. The fraction of sp³-hybridized carbons (Fsp3) is 0.644. The van der Waals surface area contributed by atoms with Gasteiger partial charge in [-0.3, -0.25) is 9.59 Å². The Balaban J connectivity index is 1.03. The summed E-state index contributed by atoms with van der Waals surface area (Å²) in [5.41, 5.74) is 3.14. The van der Waals surface area contributed by atoms with E-state index in [2.05, 4.69) is 56.8 Å². The van der Waals surface area contributed by atoms with E-state index in [4.69, 9.17) is 0 Å². The molecule has 0 spiro atoms. The number of nitrogens with zero attached hydrogens (tertiary/aromatic N) is 1. The number of carboxylic acid groups (broad SMARTS) is 1. The second-order valence-electron chi connectivity index (χ2n) is 18.8. The van der Waals surface area contributed by atoms with E-state index in [0.29, 0.717) is 59.6 Å². The molecule has 7 rings (SSSR count). The number of carbonyl (C=O) groups excluding carboxylic acids is 2. The van der Waals surface area contributed by atoms with Crippen molar-refractivity contribution >= 4 is 17.8 Å². The zero-order valence-electron chi connectivity index (χ0n) is 32.5. The summed E-state index contributed by atoms with van der Waals surface area (Å²) in [6.07, 6.45) is 12.7. The van der Waals surface area contributed by atoms with Crippen molar-refractivity contribution in [2.24, 2.45) is 57.2 Å². The first-order valence-electron chi connectivity index (χ1n) is 20.3. The largest absolute Gasteiger partial charge is 0.477 e. The molecule has 5 saturated carbocycles. The molecule has 0 bridgehead atoms. The molecule has 8 heteroatoms. The monoisotopic (exact) mass is 723 g/mol. The average Bonchev–Trinajstić information content (AvgIpc) is 3.54. The van der Waals surface area contributed by atoms with Crippen molar-refractivity contribution in [2.45, 2.75) is 118 Å². The number of hydrogen-bond donors (Lipinski definition) is 4. The van der Waals surface area contributed by atoms with Crippen LogP contribution in [0, 0.1) is 57.2 Å². The number of pyridine rings is 1. The Hall–Kier alpha value is -3.52. The third kappa shape index (κ3) is 6.25. The van der Waals surface area contributed by atoms with Crippen molar-refractivity contribution in [1.82, 2.24) is 15.6 Å². The van der Waals surface area contributed by atoms with Crippen molar-refractivity contribution in [3.05, 3.63) is 77.1 Å². The lowest BCUT2D eigenvalue weighted by Crippen LogP contribution is -2.64. The molecule has 286 valence electrons. The number of aliphatic hydroxyl groups is 1. The minimum atomic E-state index is -1.13. The summed E-state index contributed by atoms with van der Waals surface area (Å²) in [7, 11) is 0. The normalized spacial score (nSPS) is 36.9. The lowest BCUT2D eigenvalue weighted by molar-refractivity contribution is -0.216. The number of rotatable bonds is 9. The number of carboxylic acids is 1. The molecule has 5 aliphatic rings. The molecular weight excluding hydrogens is 663 g/mol. The number of aromatic nitrogens is 1. The molecule has 10 atom stereocenters. The van der Waals surface area contributed by atoms with Crippen molar-refractivity contribution in [3.63, 3.8) is 0 Å². The molecule has 4 N–H and O–H groups in total. The van der Waals surface area contributed by atoms with Crippen LogP contribution in [0.3, 0.4) is 0 Å². The molecule has 10 unspecified atom stereocenters. The van der Waals surface area contributed by atoms with Gasteiger partial charge in [0.1, 0.15) is 0 Å². The van der Waals surface area contributed by atoms with E-state index in [9.17, 15) is 24.6 Å². The molecule has 53 heavy (non-hydrogen) atoms. The Bertz CT molecular complexity index is 1770. The van der Waals surface area contributed by atoms with E-state index >= 15 is 0 Å². The third-order valence-corrected chi connectivity index (χ3v) is 16.1. The molecule has 5 fully saturated rings. The number of benzene rings is 1. The fourth-order valence-electron chi connectivity index (χ4n) is 13.6. The summed E-state index contributed by atoms with van der Waals surface area (Å²) in [6.45, 7) is 17.1. The van der Waals surface area contributed by atoms with Gasteiger partial charge < -0.3 is 20.8 Å². The van der Waals surface area contributed by atoms with Crippen LogP contribution in [0.2, 0.25) is 0 Å². The summed E-state index contributed by atoms with van der Waals surface area (Å²) in [4.78, 5) is 43.0. The zero-order chi connectivity index (χ0) is 37.9. The standard InChI is InChI=1S/C45H61N3O5/c1-27(2)31-14-21-45(41(53)47-24-18-28-9-7-10-29(25-28)39(50)48-26-30-11-8-23-46-38(30)40(51)52)22-15-33-32(37(31)45)12-13-35-43(33,5)19-16-34-42(3,4)36(49)17-20-44(34,35)6/h7-11,23,25,31-37,49H,1,12-22,24,26H2,2-6H3,(H,47,53)(H,48,50)(H,51,52). The fourth-order valence-corrected chi connectivity index (χ4v) is 13.6. The Morgan fingerprint density at radius 1 is 0.887 bits per heavy atom. The highest BCUT2D eigenvalue weighted by molar-refractivity contribution is 5.94. The van der Waals surface area contributed by atoms with Crippen LogP contribution >= 0.6 is 0 Å². The Labute approximate surface area is 316 Å². The molecule has 1 aromatic heterocycles. The molecule has 2 aromatic rings. The first kappa shape index (κ1) is 37.8. The number of nitrogens with one attached hydrogen (secondary N) is 2. The first-order valence-corrected chi connectivity index (χ1v) is 20.3. The minimum Gasteiger partial charge on any atom is -0.477 e. The molecular formula is C45H61N3O5. The zero-order valence-corrected chi connectivity index (χ0v) is 32.5. The molecule has 5 aliphatic carbocycles. The number of hydrogen-bond acceptors (Lipinski definition) is 5. The number of carbonyl (C=O) groups is 3. The van der Waals surface area contributed by atoms with Gasteiger partial charge in [0.2, 0.25) is 5.91 Å². The second kappa shape index (κ2) is 14.0. The summed E-state index contributed by atoms with van der Waals surface area (Å²) < 4.78 is 0. The van der Waals surface area contributed by atoms with Gasteiger partial charge in [-0.1, -0.05) is 58.0 Å². The average molecular weight is 724 g/mol. The number of fused-ring (bicyclic) bond motifs is 7. The van der Waals surface area contributed by atoms with Gasteiger partial charge in [-0.2, -0.15) is 0 Å². The van der Waals surface area contributed by atoms with E-state index in [0.717, 1.165) is 44.1 Å². The molecule has 0 aliphatic heterocycles. The number of allylic oxidation sites excluding steroid dienone is 1. The summed E-state index contributed by atoms with van der Waals surface area (Å²) in [5.74, 6) is 1.82. The van der Waals surface area contributed by atoms with Crippen LogP contribution in [0.5, 0.6) is 0 Å². The maximum absolute atomic E-state index is 14.5. The minimum absolute atomic E-state index is 0.0522. The van der Waals surface area contributed by atoms with Gasteiger partial charge in [0, 0.05) is 30.4 Å². The highest BCUT2D eigenvalue weighted by Gasteiger charge is 2.68. The van der Waals surface area contributed by atoms with Crippen LogP contribution in [0.1, 0.15) is 131 Å². The lowest BCUT2D eigenvalue weighted by Gasteiger charge is -2.69. The lowest BCUT2D eigenvalue weighted by atomic mass is 9.36. The first-order chi connectivity index (χ1) is 25.1. The topological polar surface area (TPSA) is 129 Å². The van der Waals surface area contributed by atoms with Gasteiger partial charge in [0.15, 0.2) is 5.69 Å². The van der Waals surface area contributed by atoms with Gasteiger partial charge in [-0.25, -0.2) is 9.78 Å². The van der Waals surface area contributed by atoms with Crippen LogP contribution < -0.4 is 10.6 Å². The number of aromatic carboxylic acids is 1. The van der Waals surface area contributed by atoms with Gasteiger partial charge in [0.25, 0.3) is 5.91 Å². The van der Waals surface area contributed by atoms with Crippen LogP contribution in [-0.2, 0) is 17.8 Å². The van der Waals surface area contributed by atoms with E-state index in [1.54, 1.807) is 18.2 Å². The maximum atomic E-state index is 14.5. The maximum Gasteiger partial charge on any atom is 0.354 e.